The lowest BCUT2D eigenvalue weighted by Gasteiger charge is -2.32. The Morgan fingerprint density at radius 3 is 2.50 bits per heavy atom. The second-order valence-electron chi connectivity index (χ2n) is 6.03. The maximum Gasteiger partial charge on any atom is 0.373 e. The molecule has 1 aliphatic heterocycles. The van der Waals surface area contributed by atoms with Gasteiger partial charge in [0.2, 0.25) is 0 Å². The predicted octanol–water partition coefficient (Wildman–Crippen LogP) is -0.343. The molecule has 1 aliphatic rings. The second-order valence-corrected chi connectivity index (χ2v) is 6.03. The van der Waals surface area contributed by atoms with E-state index in [0.717, 1.165) is 0 Å². The van der Waals surface area contributed by atoms with Crippen molar-refractivity contribution in [2.75, 3.05) is 6.61 Å². The van der Waals surface area contributed by atoms with Crippen molar-refractivity contribution < 1.29 is 54.3 Å². The lowest BCUT2D eigenvalue weighted by molar-refractivity contribution is -0.315. The fourth-order valence-corrected chi connectivity index (χ4v) is 2.40. The Hall–Kier alpha value is -2.44. The number of phenols is 1. The summed E-state index contributed by atoms with van der Waals surface area (Å²) in [5.74, 6) is -2.63. The monoisotopic (exact) mass is 402 g/mol. The number of hydrogen-bond acceptors (Lipinski definition) is 11. The van der Waals surface area contributed by atoms with Gasteiger partial charge in [-0.3, -0.25) is 9.78 Å². The van der Waals surface area contributed by atoms with Gasteiger partial charge < -0.3 is 25.2 Å². The number of rotatable bonds is 8. The normalized spacial score (nSPS) is 21.6. The van der Waals surface area contributed by atoms with Crippen LogP contribution in [0.25, 0.3) is 0 Å². The molecular formula is C17H22O11. The minimum absolute atomic E-state index is 0.00771. The largest absolute Gasteiger partial charge is 0.508 e. The Morgan fingerprint density at radius 2 is 1.86 bits per heavy atom. The van der Waals surface area contributed by atoms with E-state index in [-0.39, 0.29) is 24.5 Å². The highest BCUT2D eigenvalue weighted by molar-refractivity contribution is 5.84. The van der Waals surface area contributed by atoms with Crippen LogP contribution < -0.4 is 4.74 Å². The molecule has 1 aromatic rings. The number of aliphatic hydroxyl groups excluding tert-OH is 3. The quantitative estimate of drug-likeness (QED) is 0.332. The molecule has 156 valence electrons. The maximum absolute atomic E-state index is 11.7. The van der Waals surface area contributed by atoms with Gasteiger partial charge >= 0.3 is 11.9 Å². The van der Waals surface area contributed by atoms with Crippen molar-refractivity contribution in [1.82, 2.24) is 0 Å². The number of benzene rings is 1. The zero-order valence-corrected chi connectivity index (χ0v) is 15.2. The highest BCUT2D eigenvalue weighted by Crippen LogP contribution is 2.38. The van der Waals surface area contributed by atoms with Crippen LogP contribution in [0.1, 0.15) is 31.9 Å². The van der Waals surface area contributed by atoms with Crippen LogP contribution in [-0.4, -0.2) is 63.4 Å². The van der Waals surface area contributed by atoms with Crippen LogP contribution in [-0.2, 0) is 29.1 Å². The lowest BCUT2D eigenvalue weighted by Crippen LogP contribution is -2.43. The molecule has 11 nitrogen and oxygen atoms in total. The van der Waals surface area contributed by atoms with Crippen LogP contribution in [0.3, 0.4) is 0 Å². The zero-order valence-electron chi connectivity index (χ0n) is 15.2. The molecule has 11 heteroatoms. The van der Waals surface area contributed by atoms with Crippen molar-refractivity contribution in [3.8, 4) is 11.5 Å². The number of fused-ring (bicyclic) bond motifs is 1. The van der Waals surface area contributed by atoms with Gasteiger partial charge in [0.1, 0.15) is 23.7 Å². The molecule has 0 fully saturated rings. The zero-order chi connectivity index (χ0) is 20.8. The van der Waals surface area contributed by atoms with E-state index in [2.05, 4.69) is 14.7 Å². The van der Waals surface area contributed by atoms with Crippen molar-refractivity contribution in [3.05, 3.63) is 23.8 Å². The Labute approximate surface area is 159 Å². The third-order valence-electron chi connectivity index (χ3n) is 3.94. The molecule has 4 N–H and O–H groups in total. The number of hydrogen-bond donors (Lipinski definition) is 4. The molecule has 0 bridgehead atoms. The molecule has 28 heavy (non-hydrogen) atoms. The average Bonchev–Trinajstić information content (AvgIpc) is 2.68. The fraction of sp³-hybridized carbons (Fsp3) is 0.529. The predicted molar refractivity (Wildman–Crippen MR) is 88.5 cm³/mol. The minimum Gasteiger partial charge on any atom is -0.508 e. The number of carbonyl (C=O) groups excluding carboxylic acids is 2. The van der Waals surface area contributed by atoms with Crippen molar-refractivity contribution in [3.63, 3.8) is 0 Å². The van der Waals surface area contributed by atoms with Crippen molar-refractivity contribution in [2.45, 2.75) is 50.8 Å². The van der Waals surface area contributed by atoms with E-state index >= 15 is 0 Å². The van der Waals surface area contributed by atoms with E-state index in [9.17, 15) is 30.0 Å². The van der Waals surface area contributed by atoms with Gasteiger partial charge in [-0.1, -0.05) is 0 Å². The van der Waals surface area contributed by atoms with E-state index in [1.807, 2.05) is 0 Å². The average molecular weight is 402 g/mol. The molecule has 5 unspecified atom stereocenters. The summed E-state index contributed by atoms with van der Waals surface area (Å²) in [6.45, 7) is 3.00. The fourth-order valence-electron chi connectivity index (χ4n) is 2.40. The van der Waals surface area contributed by atoms with Gasteiger partial charge in [0.15, 0.2) is 12.2 Å². The summed E-state index contributed by atoms with van der Waals surface area (Å²) in [5, 5.41) is 38.9. The number of phenolic OH excluding ortho intramolecular Hbond substituents is 1. The minimum atomic E-state index is -2.27. The molecule has 0 aliphatic carbocycles. The van der Waals surface area contributed by atoms with Crippen molar-refractivity contribution >= 4 is 11.9 Å². The summed E-state index contributed by atoms with van der Waals surface area (Å²) in [6.07, 6.45) is -6.92. The number of carbonyl (C=O) groups is 2. The summed E-state index contributed by atoms with van der Waals surface area (Å²) in [6, 6.07) is 4.26. The molecule has 0 aromatic heterocycles. The van der Waals surface area contributed by atoms with Crippen LogP contribution in [0.5, 0.6) is 11.5 Å². The summed E-state index contributed by atoms with van der Waals surface area (Å²) < 4.78 is 5.63. The Bertz CT molecular complexity index is 692. The summed E-state index contributed by atoms with van der Waals surface area (Å²) in [5.41, 5.74) is 0.490. The first-order chi connectivity index (χ1) is 13.2. The van der Waals surface area contributed by atoms with Crippen LogP contribution in [0.4, 0.5) is 0 Å². The third-order valence-corrected chi connectivity index (χ3v) is 3.94. The smallest absolute Gasteiger partial charge is 0.373 e. The Morgan fingerprint density at radius 1 is 1.21 bits per heavy atom. The van der Waals surface area contributed by atoms with Gasteiger partial charge in [0.05, 0.1) is 12.7 Å². The van der Waals surface area contributed by atoms with Gasteiger partial charge in [-0.15, -0.1) is 0 Å². The van der Waals surface area contributed by atoms with Gasteiger partial charge in [-0.2, -0.15) is 9.78 Å². The highest BCUT2D eigenvalue weighted by atomic mass is 17.2. The maximum atomic E-state index is 11.7. The Kier molecular flexibility index (Phi) is 7.54. The molecule has 5 atom stereocenters. The second kappa shape index (κ2) is 9.66. The standard InChI is InChI=1S/C17H22O11/c1-3-24-27-16(22)14(20)15(21)17(23)28-26-8(2)12-7-11(19)10-5-4-9(18)6-13(10)25-12/h4-6,8,11-12,14-15,18-21H,3,7H2,1-2H3. The summed E-state index contributed by atoms with van der Waals surface area (Å²) >= 11 is 0. The molecule has 0 amide bonds. The Balaban J connectivity index is 1.88. The molecule has 1 heterocycles. The van der Waals surface area contributed by atoms with Gasteiger partial charge in [-0.05, 0) is 26.0 Å². The van der Waals surface area contributed by atoms with E-state index in [4.69, 9.17) is 9.62 Å². The molecule has 1 aromatic carbocycles. The van der Waals surface area contributed by atoms with E-state index in [1.165, 1.54) is 32.0 Å². The third kappa shape index (κ3) is 5.30. The SMILES string of the molecule is CCOOC(=O)C(O)C(O)C(=O)OOC(C)C1CC(O)c2ccc(O)cc2O1. The topological polar surface area (TPSA) is 161 Å². The van der Waals surface area contributed by atoms with E-state index < -0.39 is 42.5 Å². The van der Waals surface area contributed by atoms with Crippen molar-refractivity contribution in [2.24, 2.45) is 0 Å². The van der Waals surface area contributed by atoms with E-state index in [1.54, 1.807) is 0 Å². The van der Waals surface area contributed by atoms with Crippen molar-refractivity contribution in [1.29, 1.82) is 0 Å². The van der Waals surface area contributed by atoms with Crippen LogP contribution in [0.15, 0.2) is 18.2 Å². The molecular weight excluding hydrogens is 380 g/mol. The number of ether oxygens (including phenoxy) is 1. The molecule has 0 saturated heterocycles. The highest BCUT2D eigenvalue weighted by Gasteiger charge is 2.36. The summed E-state index contributed by atoms with van der Waals surface area (Å²) in [7, 11) is 0. The van der Waals surface area contributed by atoms with Crippen LogP contribution in [0, 0.1) is 0 Å². The van der Waals surface area contributed by atoms with Gasteiger partial charge in [0, 0.05) is 18.1 Å². The lowest BCUT2D eigenvalue weighted by atomic mass is 9.97. The number of aliphatic hydroxyl groups is 3. The first kappa shape index (κ1) is 21.9. The van der Waals surface area contributed by atoms with Gasteiger partial charge in [0.25, 0.3) is 0 Å². The summed E-state index contributed by atoms with van der Waals surface area (Å²) in [4.78, 5) is 40.8. The first-order valence-electron chi connectivity index (χ1n) is 8.48. The number of aromatic hydroxyl groups is 1. The van der Waals surface area contributed by atoms with E-state index in [0.29, 0.717) is 5.56 Å². The molecule has 0 spiro atoms. The molecule has 0 saturated carbocycles. The van der Waals surface area contributed by atoms with Crippen LogP contribution in [0.2, 0.25) is 0 Å². The van der Waals surface area contributed by atoms with Gasteiger partial charge in [-0.25, -0.2) is 9.59 Å². The molecule has 0 radical (unpaired) electrons. The molecule has 2 rings (SSSR count). The van der Waals surface area contributed by atoms with Crippen LogP contribution >= 0.6 is 0 Å². The first-order valence-corrected chi connectivity index (χ1v) is 8.48.